The van der Waals surface area contributed by atoms with Crippen LogP contribution in [0.3, 0.4) is 0 Å². The van der Waals surface area contributed by atoms with Crippen molar-refractivity contribution >= 4 is 54.1 Å². The number of carbonyl (C=O) groups excluding carboxylic acids is 1. The highest BCUT2D eigenvalue weighted by atomic mass is 35.5. The minimum Gasteiger partial charge on any atom is -0.346 e. The number of nitrogens with one attached hydrogen (secondary N) is 2. The molecule has 12 nitrogen and oxygen atoms in total. The summed E-state index contributed by atoms with van der Waals surface area (Å²) < 4.78 is 173. The van der Waals surface area contributed by atoms with E-state index < -0.39 is 120 Å². The van der Waals surface area contributed by atoms with Crippen LogP contribution >= 0.6 is 11.6 Å². The van der Waals surface area contributed by atoms with Crippen LogP contribution < -0.4 is 10.0 Å². The van der Waals surface area contributed by atoms with Crippen molar-refractivity contribution in [2.24, 2.45) is 5.92 Å². The number of sulfonamides is 1. The van der Waals surface area contributed by atoms with Crippen LogP contribution in [0.1, 0.15) is 105 Å². The summed E-state index contributed by atoms with van der Waals surface area (Å²) in [5.74, 6) is -9.07. The number of hydrogen-bond donors (Lipinski definition) is 2. The van der Waals surface area contributed by atoms with Gasteiger partial charge in [0.25, 0.3) is 18.8 Å². The summed E-state index contributed by atoms with van der Waals surface area (Å²) in [5, 5.41) is 9.23. The number of sulfone groups is 1. The van der Waals surface area contributed by atoms with E-state index in [0.717, 1.165) is 16.8 Å². The van der Waals surface area contributed by atoms with Crippen molar-refractivity contribution in [1.82, 2.24) is 29.9 Å². The van der Waals surface area contributed by atoms with Gasteiger partial charge in [-0.15, -0.1) is 0 Å². The van der Waals surface area contributed by atoms with Crippen LogP contribution in [0.25, 0.3) is 22.0 Å². The molecule has 3 atom stereocenters. The predicted octanol–water partition coefficient (Wildman–Crippen LogP) is 8.93. The quantitative estimate of drug-likeness (QED) is 0.0825. The number of alkyl halides is 6. The van der Waals surface area contributed by atoms with Crippen molar-refractivity contribution in [2.45, 2.75) is 124 Å². The van der Waals surface area contributed by atoms with Gasteiger partial charge in [0, 0.05) is 34.4 Å². The second-order valence-corrected chi connectivity index (χ2v) is 23.3. The number of carbonyl (C=O) groups is 1. The summed E-state index contributed by atoms with van der Waals surface area (Å²) in [6, 6.07) is 6.85. The number of aromatic nitrogens is 5. The molecule has 4 aliphatic carbocycles. The van der Waals surface area contributed by atoms with E-state index in [1.807, 2.05) is 0 Å². The first kappa shape index (κ1) is 46.3. The zero-order valence-corrected chi connectivity index (χ0v) is 37.5. The van der Waals surface area contributed by atoms with Crippen LogP contribution in [0.15, 0.2) is 42.5 Å². The molecule has 2 aromatic carbocycles. The van der Waals surface area contributed by atoms with E-state index in [0.29, 0.717) is 36.4 Å². The SMILES string of the molecule is CC(C)(CCc1ccc(-c2ccc(Cl)c3c(NS(=O)(=O)C4CC4)nn(CC(F)F)c23)c([C@H](Cc2cc(F)cc(F)c2)NC(=O)Cn2nc(C(F)F)c3c2C(F)(F)C2C[C@H]32)n1)S(=O)(=O)C1CC1. The maximum atomic E-state index is 15.6. The van der Waals surface area contributed by atoms with E-state index in [9.17, 15) is 48.0 Å². The monoisotopic (exact) mass is 987 g/mol. The lowest BCUT2D eigenvalue weighted by Crippen LogP contribution is -2.36. The molecule has 66 heavy (non-hydrogen) atoms. The van der Waals surface area contributed by atoms with Crippen LogP contribution in [-0.2, 0) is 56.5 Å². The maximum absolute atomic E-state index is 15.6. The Labute approximate surface area is 378 Å². The number of amides is 1. The fourth-order valence-corrected chi connectivity index (χ4v) is 12.7. The van der Waals surface area contributed by atoms with E-state index >= 15 is 8.78 Å². The Bertz CT molecular complexity index is 2990. The van der Waals surface area contributed by atoms with Crippen LogP contribution in [0, 0.1) is 17.6 Å². The minimum atomic E-state index is -4.03. The summed E-state index contributed by atoms with van der Waals surface area (Å²) in [5.41, 5.74) is -1.83. The van der Waals surface area contributed by atoms with E-state index in [-0.39, 0.29) is 74.6 Å². The van der Waals surface area contributed by atoms with E-state index in [1.54, 1.807) is 13.8 Å². The molecule has 0 radical (unpaired) electrons. The van der Waals surface area contributed by atoms with Gasteiger partial charge in [0.2, 0.25) is 15.9 Å². The third-order valence-electron chi connectivity index (χ3n) is 12.8. The van der Waals surface area contributed by atoms with Crippen molar-refractivity contribution in [3.05, 3.63) is 93.0 Å². The minimum absolute atomic E-state index is 0.0274. The number of halogens is 9. The molecule has 354 valence electrons. The lowest BCUT2D eigenvalue weighted by atomic mass is 9.93. The molecule has 0 spiro atoms. The molecule has 23 heteroatoms. The number of benzene rings is 2. The Kier molecular flexibility index (Phi) is 11.5. The summed E-state index contributed by atoms with van der Waals surface area (Å²) in [7, 11) is -7.60. The number of hydrogen-bond acceptors (Lipinski definition) is 8. The van der Waals surface area contributed by atoms with Gasteiger partial charge in [-0.25, -0.2) is 43.2 Å². The number of fused-ring (bicyclic) bond motifs is 4. The Balaban J connectivity index is 1.19. The number of anilines is 1. The molecule has 1 unspecified atom stereocenters. The van der Waals surface area contributed by atoms with E-state index in [2.05, 4.69) is 20.2 Å². The fraction of sp³-hybridized carbons (Fsp3) is 0.488. The largest absolute Gasteiger partial charge is 0.346 e. The summed E-state index contributed by atoms with van der Waals surface area (Å²) in [6.45, 7) is 1.11. The van der Waals surface area contributed by atoms with Crippen molar-refractivity contribution in [2.75, 3.05) is 4.72 Å². The molecule has 0 saturated heterocycles. The molecule has 3 aromatic heterocycles. The zero-order valence-electron chi connectivity index (χ0n) is 35.1. The molecule has 3 fully saturated rings. The van der Waals surface area contributed by atoms with Gasteiger partial charge in [0.05, 0.1) is 42.9 Å². The molecule has 3 saturated carbocycles. The van der Waals surface area contributed by atoms with Crippen molar-refractivity contribution in [3.8, 4) is 11.1 Å². The zero-order chi connectivity index (χ0) is 47.4. The second kappa shape index (κ2) is 16.4. The molecular formula is C43H42ClF8N7O5S2. The normalized spacial score (nSPS) is 19.7. The van der Waals surface area contributed by atoms with Gasteiger partial charge in [-0.1, -0.05) is 23.7 Å². The first-order chi connectivity index (χ1) is 31.0. The van der Waals surface area contributed by atoms with Crippen LogP contribution in [-0.4, -0.2) is 69.0 Å². The number of rotatable bonds is 18. The molecule has 2 N–H and O–H groups in total. The third-order valence-corrected chi connectivity index (χ3v) is 18.1. The standard InChI is InChI=1S/C43H42ClF8N7O5S2/c1-42(2,65(61,62)24-4-5-24)12-11-23-3-8-26(27-9-10-30(44)35-38(27)58(18-32(47)48)56-41(35)57-66(63,64)25-6-7-25)36(53-23)31(15-20-13-21(45)16-22(46)14-20)54-33(60)19-59-39-34(37(55-59)40(49)50)28-17-29(28)43(39,51)52/h3,8-10,13-14,16,24-25,28-29,31-32,40H,4-7,11-12,15,17-19H2,1-2H3,(H,54,60)(H,56,57)/t28-,29?,31-/m0/s1. The summed E-state index contributed by atoms with van der Waals surface area (Å²) in [6.07, 6.45) is -4.88. The van der Waals surface area contributed by atoms with Gasteiger partial charge in [-0.3, -0.25) is 23.9 Å². The molecule has 0 bridgehead atoms. The molecule has 0 aliphatic heterocycles. The van der Waals surface area contributed by atoms with E-state index in [1.165, 1.54) is 24.3 Å². The first-order valence-electron chi connectivity index (χ1n) is 21.2. The molecule has 1 amide bonds. The highest BCUT2D eigenvalue weighted by Crippen LogP contribution is 2.68. The maximum Gasteiger partial charge on any atom is 0.293 e. The van der Waals surface area contributed by atoms with Crippen LogP contribution in [0.5, 0.6) is 0 Å². The highest BCUT2D eigenvalue weighted by molar-refractivity contribution is 7.93. The van der Waals surface area contributed by atoms with Crippen LogP contribution in [0.4, 0.5) is 40.9 Å². The Morgan fingerprint density at radius 1 is 0.909 bits per heavy atom. The second-order valence-electron chi connectivity index (χ2n) is 18.1. The highest BCUT2D eigenvalue weighted by Gasteiger charge is 2.67. The predicted molar refractivity (Wildman–Crippen MR) is 227 cm³/mol. The lowest BCUT2D eigenvalue weighted by Gasteiger charge is -2.26. The average molecular weight is 988 g/mol. The smallest absolute Gasteiger partial charge is 0.293 e. The Morgan fingerprint density at radius 3 is 2.21 bits per heavy atom. The molecule has 5 aromatic rings. The molecule has 9 rings (SSSR count). The van der Waals surface area contributed by atoms with Gasteiger partial charge in [-0.05, 0) is 101 Å². The summed E-state index contributed by atoms with van der Waals surface area (Å²) in [4.78, 5) is 19.1. The van der Waals surface area contributed by atoms with Gasteiger partial charge in [-0.2, -0.15) is 19.0 Å². The average Bonchev–Trinajstić information content (AvgIpc) is 4.11. The number of aryl methyl sites for hydroxylation is 1. The van der Waals surface area contributed by atoms with Crippen LogP contribution in [0.2, 0.25) is 5.02 Å². The van der Waals surface area contributed by atoms with Gasteiger partial charge >= 0.3 is 0 Å². The molecule has 4 aliphatic rings. The van der Waals surface area contributed by atoms with Crippen molar-refractivity contribution in [1.29, 1.82) is 0 Å². The molecule has 3 heterocycles. The van der Waals surface area contributed by atoms with Crippen molar-refractivity contribution < 1.29 is 56.8 Å². The van der Waals surface area contributed by atoms with Crippen molar-refractivity contribution in [3.63, 3.8) is 0 Å². The van der Waals surface area contributed by atoms with Gasteiger partial charge in [0.15, 0.2) is 15.7 Å². The molecular weight excluding hydrogens is 946 g/mol. The first-order valence-corrected chi connectivity index (χ1v) is 24.7. The third kappa shape index (κ3) is 8.53. The summed E-state index contributed by atoms with van der Waals surface area (Å²) >= 11 is 6.67. The lowest BCUT2D eigenvalue weighted by molar-refractivity contribution is -0.123. The van der Waals surface area contributed by atoms with E-state index in [4.69, 9.17) is 16.6 Å². The van der Waals surface area contributed by atoms with Gasteiger partial charge < -0.3 is 5.32 Å². The van der Waals surface area contributed by atoms with Gasteiger partial charge in [0.1, 0.15) is 36.1 Å². The Hall–Kier alpha value is -4.83. The number of pyridine rings is 1. The Morgan fingerprint density at radius 2 is 1.58 bits per heavy atom. The number of nitrogens with zero attached hydrogens (tertiary/aromatic N) is 5. The fourth-order valence-electron chi connectivity index (χ4n) is 9.11. The topological polar surface area (TPSA) is 158 Å².